The average Bonchev–Trinajstić information content (AvgIpc) is 3.27. The molecule has 0 saturated heterocycles. The number of carbonyl (C=O) groups excluding carboxylic acids is 1. The van der Waals surface area contributed by atoms with Gasteiger partial charge in [0.05, 0.1) is 19.2 Å². The normalized spacial score (nSPS) is 23.2. The molecule has 1 aliphatic heterocycles. The molecule has 22 heavy (non-hydrogen) atoms. The summed E-state index contributed by atoms with van der Waals surface area (Å²) in [5.74, 6) is 2.00. The van der Waals surface area contributed by atoms with Crippen molar-refractivity contribution in [2.24, 2.45) is 5.92 Å². The van der Waals surface area contributed by atoms with Crippen molar-refractivity contribution < 1.29 is 4.79 Å². The fourth-order valence-electron chi connectivity index (χ4n) is 3.05. The lowest BCUT2D eigenvalue weighted by molar-refractivity contribution is -0.121. The van der Waals surface area contributed by atoms with Crippen LogP contribution in [0.4, 0.5) is 0 Å². The van der Waals surface area contributed by atoms with E-state index >= 15 is 0 Å². The highest BCUT2D eigenvalue weighted by molar-refractivity contribution is 5.79. The third-order valence-corrected chi connectivity index (χ3v) is 4.54. The number of hydrogen-bond acceptors (Lipinski definition) is 5. The van der Waals surface area contributed by atoms with Gasteiger partial charge in [-0.15, -0.1) is 0 Å². The number of nitriles is 1. The zero-order chi connectivity index (χ0) is 15.7. The first kappa shape index (κ1) is 15.0. The van der Waals surface area contributed by atoms with Crippen molar-refractivity contribution in [1.82, 2.24) is 25.4 Å². The second kappa shape index (κ2) is 5.69. The average molecular weight is 302 g/mol. The van der Waals surface area contributed by atoms with Gasteiger partial charge in [0.1, 0.15) is 17.2 Å². The Morgan fingerprint density at radius 3 is 2.95 bits per heavy atom. The number of rotatable bonds is 5. The summed E-state index contributed by atoms with van der Waals surface area (Å²) in [4.78, 5) is 16.5. The van der Waals surface area contributed by atoms with Crippen molar-refractivity contribution >= 4 is 5.91 Å². The second-order valence-electron chi connectivity index (χ2n) is 6.51. The Morgan fingerprint density at radius 2 is 2.27 bits per heavy atom. The molecule has 1 saturated carbocycles. The summed E-state index contributed by atoms with van der Waals surface area (Å²) in [5, 5.41) is 19.8. The van der Waals surface area contributed by atoms with Crippen LogP contribution in [0.25, 0.3) is 0 Å². The Labute approximate surface area is 130 Å². The van der Waals surface area contributed by atoms with E-state index in [1.807, 2.05) is 18.5 Å². The van der Waals surface area contributed by atoms with Crippen LogP contribution in [-0.4, -0.2) is 38.8 Å². The van der Waals surface area contributed by atoms with Crippen LogP contribution < -0.4 is 10.6 Å². The smallest absolute Gasteiger partial charge is 0.235 e. The summed E-state index contributed by atoms with van der Waals surface area (Å²) in [5.41, 5.74) is -0.721. The summed E-state index contributed by atoms with van der Waals surface area (Å²) >= 11 is 0. The molecule has 2 N–H and O–H groups in total. The molecule has 1 amide bonds. The van der Waals surface area contributed by atoms with Crippen LogP contribution >= 0.6 is 0 Å². The molecule has 1 aromatic heterocycles. The number of aryl methyl sites for hydroxylation is 2. The van der Waals surface area contributed by atoms with E-state index < -0.39 is 5.54 Å². The standard InChI is InChI=1S/C15H22N6O/c1-10-18-13-6-5-12(8-21(13)20-10)17-7-14(22)19-15(2,9-16)11-3-4-11/h11-12,17H,3-8H2,1-2H3,(H,19,22)/t12-,15-/m0/s1. The van der Waals surface area contributed by atoms with Crippen LogP contribution in [0.3, 0.4) is 0 Å². The van der Waals surface area contributed by atoms with Crippen molar-refractivity contribution in [3.63, 3.8) is 0 Å². The fourth-order valence-corrected chi connectivity index (χ4v) is 3.05. The zero-order valence-electron chi connectivity index (χ0n) is 13.1. The van der Waals surface area contributed by atoms with Crippen LogP contribution in [0.15, 0.2) is 0 Å². The highest BCUT2D eigenvalue weighted by Crippen LogP contribution is 2.39. The summed E-state index contributed by atoms with van der Waals surface area (Å²) < 4.78 is 1.91. The van der Waals surface area contributed by atoms with Gasteiger partial charge in [0.15, 0.2) is 0 Å². The molecule has 0 aromatic carbocycles. The molecule has 0 radical (unpaired) electrons. The van der Waals surface area contributed by atoms with E-state index in [1.54, 1.807) is 0 Å². The number of nitrogens with zero attached hydrogens (tertiary/aromatic N) is 4. The molecule has 3 rings (SSSR count). The lowest BCUT2D eigenvalue weighted by Crippen LogP contribution is -2.51. The summed E-state index contributed by atoms with van der Waals surface area (Å²) in [7, 11) is 0. The monoisotopic (exact) mass is 302 g/mol. The lowest BCUT2D eigenvalue weighted by atomic mass is 9.98. The Balaban J connectivity index is 1.49. The van der Waals surface area contributed by atoms with Crippen LogP contribution in [0, 0.1) is 24.2 Å². The van der Waals surface area contributed by atoms with Crippen LogP contribution in [0.2, 0.25) is 0 Å². The van der Waals surface area contributed by atoms with E-state index in [9.17, 15) is 10.1 Å². The number of aromatic nitrogens is 3. The van der Waals surface area contributed by atoms with Crippen molar-refractivity contribution in [2.75, 3.05) is 6.54 Å². The Bertz CT molecular complexity index is 614. The van der Waals surface area contributed by atoms with Gasteiger partial charge in [-0.05, 0) is 39.0 Å². The summed E-state index contributed by atoms with van der Waals surface area (Å²) in [6.45, 7) is 4.68. The molecule has 118 valence electrons. The highest BCUT2D eigenvalue weighted by Gasteiger charge is 2.42. The van der Waals surface area contributed by atoms with E-state index in [-0.39, 0.29) is 18.5 Å². The van der Waals surface area contributed by atoms with Gasteiger partial charge in [0, 0.05) is 12.5 Å². The molecule has 2 heterocycles. The molecule has 7 nitrogen and oxygen atoms in total. The SMILES string of the molecule is Cc1nc2n(n1)C[C@@H](NCC(=O)N[C@@](C)(C#N)C1CC1)CC2. The summed E-state index contributed by atoms with van der Waals surface area (Å²) in [6.07, 6.45) is 3.87. The first-order valence-electron chi connectivity index (χ1n) is 7.86. The highest BCUT2D eigenvalue weighted by atomic mass is 16.2. The third kappa shape index (κ3) is 3.12. The van der Waals surface area contributed by atoms with Gasteiger partial charge in [-0.3, -0.25) is 4.79 Å². The van der Waals surface area contributed by atoms with E-state index in [2.05, 4.69) is 26.8 Å². The Hall–Kier alpha value is -1.94. The quantitative estimate of drug-likeness (QED) is 0.815. The first-order valence-corrected chi connectivity index (χ1v) is 7.86. The molecule has 7 heteroatoms. The summed E-state index contributed by atoms with van der Waals surface area (Å²) in [6, 6.07) is 2.46. The van der Waals surface area contributed by atoms with Crippen LogP contribution in [-0.2, 0) is 17.8 Å². The van der Waals surface area contributed by atoms with E-state index in [4.69, 9.17) is 0 Å². The molecule has 0 spiro atoms. The minimum Gasteiger partial charge on any atom is -0.337 e. The zero-order valence-corrected chi connectivity index (χ0v) is 13.1. The Kier molecular flexibility index (Phi) is 3.87. The van der Waals surface area contributed by atoms with Crippen LogP contribution in [0.1, 0.15) is 37.8 Å². The lowest BCUT2D eigenvalue weighted by Gasteiger charge is -2.26. The van der Waals surface area contributed by atoms with Gasteiger partial charge in [0.25, 0.3) is 0 Å². The largest absolute Gasteiger partial charge is 0.337 e. The van der Waals surface area contributed by atoms with Gasteiger partial charge < -0.3 is 10.6 Å². The Morgan fingerprint density at radius 1 is 1.50 bits per heavy atom. The van der Waals surface area contributed by atoms with Crippen LogP contribution in [0.5, 0.6) is 0 Å². The molecule has 1 fully saturated rings. The maximum absolute atomic E-state index is 12.1. The predicted molar refractivity (Wildman–Crippen MR) is 79.8 cm³/mol. The molecule has 2 atom stereocenters. The van der Waals surface area contributed by atoms with E-state index in [1.165, 1.54) is 0 Å². The van der Waals surface area contributed by atoms with Gasteiger partial charge >= 0.3 is 0 Å². The maximum Gasteiger partial charge on any atom is 0.235 e. The second-order valence-corrected chi connectivity index (χ2v) is 6.51. The van der Waals surface area contributed by atoms with Crippen molar-refractivity contribution in [3.05, 3.63) is 11.6 Å². The minimum absolute atomic E-state index is 0.114. The number of amides is 1. The first-order chi connectivity index (χ1) is 10.5. The molecule has 0 unspecified atom stereocenters. The van der Waals surface area contributed by atoms with Crippen molar-refractivity contribution in [3.8, 4) is 6.07 Å². The predicted octanol–water partition coefficient (Wildman–Crippen LogP) is 0.299. The number of carbonyl (C=O) groups is 1. The topological polar surface area (TPSA) is 95.6 Å². The van der Waals surface area contributed by atoms with E-state index in [0.717, 1.165) is 43.9 Å². The number of fused-ring (bicyclic) bond motifs is 1. The van der Waals surface area contributed by atoms with Crippen molar-refractivity contribution in [2.45, 2.75) is 57.7 Å². The number of nitrogens with one attached hydrogen (secondary N) is 2. The fraction of sp³-hybridized carbons (Fsp3) is 0.733. The minimum atomic E-state index is -0.721. The third-order valence-electron chi connectivity index (χ3n) is 4.54. The molecule has 0 bridgehead atoms. The molecular formula is C15H22N6O. The van der Waals surface area contributed by atoms with Crippen molar-refractivity contribution in [1.29, 1.82) is 5.26 Å². The van der Waals surface area contributed by atoms with Gasteiger partial charge in [0.2, 0.25) is 5.91 Å². The molecule has 1 aromatic rings. The number of hydrogen-bond donors (Lipinski definition) is 2. The molecule has 1 aliphatic carbocycles. The maximum atomic E-state index is 12.1. The van der Waals surface area contributed by atoms with Gasteiger partial charge in [-0.1, -0.05) is 0 Å². The molecular weight excluding hydrogens is 280 g/mol. The van der Waals surface area contributed by atoms with E-state index in [0.29, 0.717) is 5.92 Å². The molecule has 2 aliphatic rings. The van der Waals surface area contributed by atoms with Gasteiger partial charge in [-0.25, -0.2) is 9.67 Å². The van der Waals surface area contributed by atoms with Gasteiger partial charge in [-0.2, -0.15) is 10.4 Å².